The highest BCUT2D eigenvalue weighted by molar-refractivity contribution is 7.07. The van der Waals surface area contributed by atoms with E-state index in [9.17, 15) is 4.79 Å². The van der Waals surface area contributed by atoms with Gasteiger partial charge < -0.3 is 15.0 Å². The zero-order chi connectivity index (χ0) is 13.8. The number of carbonyl (C=O) groups is 1. The number of halogens is 1. The molecule has 0 aliphatic carbocycles. The molecule has 0 aromatic carbocycles. The third-order valence-corrected chi connectivity index (χ3v) is 4.12. The van der Waals surface area contributed by atoms with Crippen molar-refractivity contribution < 1.29 is 9.53 Å². The van der Waals surface area contributed by atoms with Crippen LogP contribution >= 0.6 is 23.7 Å². The number of carbonyl (C=O) groups excluding carboxylic acids is 1. The van der Waals surface area contributed by atoms with E-state index in [0.717, 1.165) is 0 Å². The van der Waals surface area contributed by atoms with Gasteiger partial charge in [-0.25, -0.2) is 0 Å². The molecular weight excluding hydrogens is 296 g/mol. The zero-order valence-corrected chi connectivity index (χ0v) is 13.8. The van der Waals surface area contributed by atoms with Gasteiger partial charge in [-0.1, -0.05) is 6.92 Å². The van der Waals surface area contributed by atoms with Gasteiger partial charge in [0.25, 0.3) is 0 Å². The first-order chi connectivity index (χ1) is 9.11. The first kappa shape index (κ1) is 17.4. The van der Waals surface area contributed by atoms with Crippen molar-refractivity contribution in [1.82, 2.24) is 10.2 Å². The SMILES string of the molecule is CNCC(C)C(=O)N1CC(C)OC(c2ccsc2)C1.Cl. The van der Waals surface area contributed by atoms with E-state index in [2.05, 4.69) is 16.8 Å². The Balaban J connectivity index is 0.00000200. The molecule has 1 N–H and O–H groups in total. The number of nitrogens with one attached hydrogen (secondary N) is 1. The molecule has 0 bridgehead atoms. The van der Waals surface area contributed by atoms with Crippen molar-refractivity contribution in [2.24, 2.45) is 5.92 Å². The molecule has 2 rings (SSSR count). The van der Waals surface area contributed by atoms with Crippen molar-refractivity contribution in [2.75, 3.05) is 26.7 Å². The molecule has 0 spiro atoms. The average Bonchev–Trinajstić information content (AvgIpc) is 2.91. The second-order valence-electron chi connectivity index (χ2n) is 5.19. The topological polar surface area (TPSA) is 41.6 Å². The van der Waals surface area contributed by atoms with Gasteiger partial charge in [-0.3, -0.25) is 4.79 Å². The van der Waals surface area contributed by atoms with E-state index in [-0.39, 0.29) is 36.4 Å². The van der Waals surface area contributed by atoms with Gasteiger partial charge in [-0.05, 0) is 36.4 Å². The van der Waals surface area contributed by atoms with Crippen LogP contribution < -0.4 is 5.32 Å². The van der Waals surface area contributed by atoms with Crippen LogP contribution in [0.25, 0.3) is 0 Å². The van der Waals surface area contributed by atoms with E-state index >= 15 is 0 Å². The molecule has 20 heavy (non-hydrogen) atoms. The molecule has 1 saturated heterocycles. The summed E-state index contributed by atoms with van der Waals surface area (Å²) in [6, 6.07) is 2.08. The summed E-state index contributed by atoms with van der Waals surface area (Å²) in [5, 5.41) is 7.21. The summed E-state index contributed by atoms with van der Waals surface area (Å²) in [5.74, 6) is 0.225. The van der Waals surface area contributed by atoms with E-state index in [0.29, 0.717) is 19.6 Å². The molecule has 6 heteroatoms. The average molecular weight is 319 g/mol. The Morgan fingerprint density at radius 2 is 2.35 bits per heavy atom. The zero-order valence-electron chi connectivity index (χ0n) is 12.2. The number of nitrogens with zero attached hydrogens (tertiary/aromatic N) is 1. The summed E-state index contributed by atoms with van der Waals surface area (Å²) in [4.78, 5) is 14.3. The van der Waals surface area contributed by atoms with Crippen LogP contribution in [-0.2, 0) is 9.53 Å². The van der Waals surface area contributed by atoms with Crippen LogP contribution in [0.3, 0.4) is 0 Å². The molecule has 4 nitrogen and oxygen atoms in total. The van der Waals surface area contributed by atoms with Crippen LogP contribution in [0.1, 0.15) is 25.5 Å². The van der Waals surface area contributed by atoms with Crippen molar-refractivity contribution >= 4 is 29.7 Å². The Hall–Kier alpha value is -0.620. The van der Waals surface area contributed by atoms with E-state index in [1.165, 1.54) is 5.56 Å². The molecule has 0 saturated carbocycles. The van der Waals surface area contributed by atoms with Crippen LogP contribution in [-0.4, -0.2) is 43.6 Å². The Bertz CT molecular complexity index is 413. The van der Waals surface area contributed by atoms with E-state index in [4.69, 9.17) is 4.74 Å². The minimum Gasteiger partial charge on any atom is -0.367 e. The fraction of sp³-hybridized carbons (Fsp3) is 0.643. The van der Waals surface area contributed by atoms with Crippen LogP contribution in [0.15, 0.2) is 16.8 Å². The number of hydrogen-bond acceptors (Lipinski definition) is 4. The second-order valence-corrected chi connectivity index (χ2v) is 5.97. The number of amides is 1. The van der Waals surface area contributed by atoms with Gasteiger partial charge in [0, 0.05) is 19.0 Å². The monoisotopic (exact) mass is 318 g/mol. The first-order valence-corrected chi connectivity index (χ1v) is 7.67. The molecule has 3 unspecified atom stereocenters. The second kappa shape index (κ2) is 7.98. The Morgan fingerprint density at radius 3 is 2.95 bits per heavy atom. The van der Waals surface area contributed by atoms with Gasteiger partial charge in [-0.15, -0.1) is 12.4 Å². The minimum atomic E-state index is 0. The normalized spacial score (nSPS) is 24.1. The van der Waals surface area contributed by atoms with Gasteiger partial charge in [0.15, 0.2) is 0 Å². The standard InChI is InChI=1S/C14H22N2O2S.ClH/c1-10(6-15-3)14(17)16-7-11(2)18-13(8-16)12-4-5-19-9-12;/h4-5,9-11,13,15H,6-8H2,1-3H3;1H. The van der Waals surface area contributed by atoms with Crippen molar-refractivity contribution in [2.45, 2.75) is 26.1 Å². The van der Waals surface area contributed by atoms with Gasteiger partial charge in [-0.2, -0.15) is 11.3 Å². The maximum Gasteiger partial charge on any atom is 0.226 e. The molecule has 0 radical (unpaired) electrons. The summed E-state index contributed by atoms with van der Waals surface area (Å²) in [6.07, 6.45) is 0.102. The van der Waals surface area contributed by atoms with Crippen molar-refractivity contribution in [3.8, 4) is 0 Å². The molecule has 1 amide bonds. The van der Waals surface area contributed by atoms with Crippen molar-refractivity contribution in [1.29, 1.82) is 0 Å². The lowest BCUT2D eigenvalue weighted by atomic mass is 10.1. The highest BCUT2D eigenvalue weighted by Gasteiger charge is 2.31. The molecule has 2 heterocycles. The number of thiophene rings is 1. The van der Waals surface area contributed by atoms with Crippen LogP contribution in [0.5, 0.6) is 0 Å². The highest BCUT2D eigenvalue weighted by Crippen LogP contribution is 2.27. The molecule has 3 atom stereocenters. The van der Waals surface area contributed by atoms with Crippen molar-refractivity contribution in [3.05, 3.63) is 22.4 Å². The largest absolute Gasteiger partial charge is 0.367 e. The number of ether oxygens (including phenoxy) is 1. The lowest BCUT2D eigenvalue weighted by molar-refractivity contribution is -0.148. The lowest BCUT2D eigenvalue weighted by Gasteiger charge is -2.37. The minimum absolute atomic E-state index is 0. The molecule has 1 aliphatic rings. The smallest absolute Gasteiger partial charge is 0.226 e. The maximum absolute atomic E-state index is 12.4. The first-order valence-electron chi connectivity index (χ1n) is 6.72. The quantitative estimate of drug-likeness (QED) is 0.926. The van der Waals surface area contributed by atoms with E-state index in [1.54, 1.807) is 11.3 Å². The summed E-state index contributed by atoms with van der Waals surface area (Å²) < 4.78 is 5.95. The maximum atomic E-state index is 12.4. The van der Waals surface area contributed by atoms with Gasteiger partial charge >= 0.3 is 0 Å². The molecule has 1 aromatic heterocycles. The van der Waals surface area contributed by atoms with Crippen molar-refractivity contribution in [3.63, 3.8) is 0 Å². The van der Waals surface area contributed by atoms with Gasteiger partial charge in [0.1, 0.15) is 6.10 Å². The van der Waals surface area contributed by atoms with Crippen LogP contribution in [0.4, 0.5) is 0 Å². The molecular formula is C14H23ClN2O2S. The fourth-order valence-corrected chi connectivity index (χ4v) is 3.18. The lowest BCUT2D eigenvalue weighted by Crippen LogP contribution is -2.48. The summed E-state index contributed by atoms with van der Waals surface area (Å²) in [5.41, 5.74) is 1.18. The van der Waals surface area contributed by atoms with Gasteiger partial charge in [0.2, 0.25) is 5.91 Å². The Kier molecular flexibility index (Phi) is 6.95. The van der Waals surface area contributed by atoms with E-state index < -0.39 is 0 Å². The molecule has 1 aliphatic heterocycles. The number of hydrogen-bond donors (Lipinski definition) is 1. The molecule has 1 aromatic rings. The van der Waals surface area contributed by atoms with Crippen LogP contribution in [0.2, 0.25) is 0 Å². The summed E-state index contributed by atoms with van der Waals surface area (Å²) in [7, 11) is 1.87. The predicted molar refractivity (Wildman–Crippen MR) is 84.5 cm³/mol. The third kappa shape index (κ3) is 4.19. The summed E-state index contributed by atoms with van der Waals surface area (Å²) in [6.45, 7) is 6.06. The number of morpholine rings is 1. The van der Waals surface area contributed by atoms with Crippen LogP contribution in [0, 0.1) is 5.92 Å². The Morgan fingerprint density at radius 1 is 1.60 bits per heavy atom. The highest BCUT2D eigenvalue weighted by atomic mass is 35.5. The van der Waals surface area contributed by atoms with Gasteiger partial charge in [0.05, 0.1) is 12.6 Å². The number of rotatable bonds is 4. The molecule has 114 valence electrons. The third-order valence-electron chi connectivity index (χ3n) is 3.42. The Labute approximate surface area is 130 Å². The summed E-state index contributed by atoms with van der Waals surface area (Å²) >= 11 is 1.67. The molecule has 1 fully saturated rings. The predicted octanol–water partition coefficient (Wildman–Crippen LogP) is 2.31. The fourth-order valence-electron chi connectivity index (χ4n) is 2.48. The van der Waals surface area contributed by atoms with E-state index in [1.807, 2.05) is 31.2 Å².